The molecule has 2 aromatic rings. The first-order valence-corrected chi connectivity index (χ1v) is 7.17. The van der Waals surface area contributed by atoms with Crippen LogP contribution in [0.3, 0.4) is 0 Å². The number of aromatic nitrogens is 2. The Labute approximate surface area is 110 Å². The van der Waals surface area contributed by atoms with E-state index in [-0.39, 0.29) is 11.4 Å². The van der Waals surface area contributed by atoms with Crippen molar-refractivity contribution in [2.24, 2.45) is 0 Å². The SMILES string of the molecule is O=S(=O)(NCCn1cccn1)c1ccc(Cl)cc1. The van der Waals surface area contributed by atoms with Gasteiger partial charge in [0.25, 0.3) is 0 Å². The van der Waals surface area contributed by atoms with Gasteiger partial charge in [0.05, 0.1) is 11.4 Å². The van der Waals surface area contributed by atoms with Crippen molar-refractivity contribution < 1.29 is 8.42 Å². The summed E-state index contributed by atoms with van der Waals surface area (Å²) in [4.78, 5) is 0.201. The summed E-state index contributed by atoms with van der Waals surface area (Å²) in [5, 5.41) is 4.49. The summed E-state index contributed by atoms with van der Waals surface area (Å²) >= 11 is 5.71. The minimum Gasteiger partial charge on any atom is -0.271 e. The van der Waals surface area contributed by atoms with Crippen LogP contribution in [-0.4, -0.2) is 24.7 Å². The van der Waals surface area contributed by atoms with Crippen LogP contribution in [0.1, 0.15) is 0 Å². The van der Waals surface area contributed by atoms with Gasteiger partial charge in [-0.3, -0.25) is 4.68 Å². The number of nitrogens with zero attached hydrogens (tertiary/aromatic N) is 2. The molecule has 0 unspecified atom stereocenters. The summed E-state index contributed by atoms with van der Waals surface area (Å²) in [7, 11) is -3.48. The van der Waals surface area contributed by atoms with Gasteiger partial charge in [0, 0.05) is 24.0 Å². The highest BCUT2D eigenvalue weighted by atomic mass is 35.5. The molecule has 1 aromatic heterocycles. The highest BCUT2D eigenvalue weighted by Gasteiger charge is 2.12. The topological polar surface area (TPSA) is 64.0 Å². The molecule has 0 saturated heterocycles. The van der Waals surface area contributed by atoms with Gasteiger partial charge in [0.1, 0.15) is 0 Å². The molecule has 0 radical (unpaired) electrons. The Bertz CT molecular complexity index is 594. The highest BCUT2D eigenvalue weighted by Crippen LogP contribution is 2.13. The van der Waals surface area contributed by atoms with E-state index in [9.17, 15) is 8.42 Å². The fourth-order valence-corrected chi connectivity index (χ4v) is 2.57. The molecule has 18 heavy (non-hydrogen) atoms. The fraction of sp³-hybridized carbons (Fsp3) is 0.182. The number of halogens is 1. The minimum atomic E-state index is -3.48. The molecule has 0 atom stereocenters. The molecule has 1 heterocycles. The summed E-state index contributed by atoms with van der Waals surface area (Å²) in [5.41, 5.74) is 0. The smallest absolute Gasteiger partial charge is 0.240 e. The summed E-state index contributed by atoms with van der Waals surface area (Å²) in [6, 6.07) is 7.82. The monoisotopic (exact) mass is 285 g/mol. The van der Waals surface area contributed by atoms with Crippen molar-refractivity contribution in [3.8, 4) is 0 Å². The number of hydrogen-bond acceptors (Lipinski definition) is 3. The van der Waals surface area contributed by atoms with Gasteiger partial charge in [0.15, 0.2) is 0 Å². The van der Waals surface area contributed by atoms with Gasteiger partial charge in [-0.25, -0.2) is 13.1 Å². The highest BCUT2D eigenvalue weighted by molar-refractivity contribution is 7.89. The predicted molar refractivity (Wildman–Crippen MR) is 68.9 cm³/mol. The van der Waals surface area contributed by atoms with E-state index >= 15 is 0 Å². The Balaban J connectivity index is 1.97. The molecule has 0 aliphatic heterocycles. The van der Waals surface area contributed by atoms with Crippen LogP contribution in [0.15, 0.2) is 47.6 Å². The van der Waals surface area contributed by atoms with Gasteiger partial charge >= 0.3 is 0 Å². The van der Waals surface area contributed by atoms with E-state index in [2.05, 4.69) is 9.82 Å². The zero-order valence-electron chi connectivity index (χ0n) is 9.45. The lowest BCUT2D eigenvalue weighted by Crippen LogP contribution is -2.27. The predicted octanol–water partition coefficient (Wildman–Crippen LogP) is 1.51. The van der Waals surface area contributed by atoms with Gasteiger partial charge < -0.3 is 0 Å². The van der Waals surface area contributed by atoms with Crippen LogP contribution >= 0.6 is 11.6 Å². The third-order valence-electron chi connectivity index (χ3n) is 2.32. The van der Waals surface area contributed by atoms with Gasteiger partial charge in [-0.15, -0.1) is 0 Å². The molecule has 0 fully saturated rings. The molecule has 1 aromatic carbocycles. The van der Waals surface area contributed by atoms with E-state index in [0.29, 0.717) is 11.6 Å². The molecule has 2 rings (SSSR count). The third-order valence-corrected chi connectivity index (χ3v) is 4.05. The summed E-state index contributed by atoms with van der Waals surface area (Å²) < 4.78 is 27.9. The normalized spacial score (nSPS) is 11.6. The van der Waals surface area contributed by atoms with Crippen LogP contribution in [0.4, 0.5) is 0 Å². The van der Waals surface area contributed by atoms with Crippen molar-refractivity contribution in [2.75, 3.05) is 6.54 Å². The summed E-state index contributed by atoms with van der Waals surface area (Å²) in [6.07, 6.45) is 3.42. The van der Waals surface area contributed by atoms with Crippen molar-refractivity contribution in [2.45, 2.75) is 11.4 Å². The Kier molecular flexibility index (Phi) is 4.00. The number of sulfonamides is 1. The zero-order valence-corrected chi connectivity index (χ0v) is 11.0. The molecular formula is C11H12ClN3O2S. The quantitative estimate of drug-likeness (QED) is 0.906. The average Bonchev–Trinajstić information content (AvgIpc) is 2.82. The molecular weight excluding hydrogens is 274 g/mol. The number of hydrogen-bond donors (Lipinski definition) is 1. The Morgan fingerprint density at radius 1 is 1.28 bits per heavy atom. The van der Waals surface area contributed by atoms with Crippen LogP contribution in [0.2, 0.25) is 5.02 Å². The summed E-state index contributed by atoms with van der Waals surface area (Å²) in [6.45, 7) is 0.770. The van der Waals surface area contributed by atoms with Gasteiger partial charge in [0.2, 0.25) is 10.0 Å². The van der Waals surface area contributed by atoms with Gasteiger partial charge in [-0.1, -0.05) is 11.6 Å². The third kappa shape index (κ3) is 3.32. The van der Waals surface area contributed by atoms with E-state index in [0.717, 1.165) is 0 Å². The standard InChI is InChI=1S/C11H12ClN3O2S/c12-10-2-4-11(5-3-10)18(16,17)14-7-9-15-8-1-6-13-15/h1-6,8,14H,7,9H2. The van der Waals surface area contributed by atoms with Crippen LogP contribution < -0.4 is 4.72 Å². The first kappa shape index (κ1) is 13.1. The number of benzene rings is 1. The van der Waals surface area contributed by atoms with Crippen LogP contribution in [0.5, 0.6) is 0 Å². The minimum absolute atomic E-state index is 0.201. The molecule has 0 spiro atoms. The molecule has 7 heteroatoms. The van der Waals surface area contributed by atoms with Gasteiger partial charge in [-0.05, 0) is 30.3 Å². The Hall–Kier alpha value is -1.37. The second-order valence-electron chi connectivity index (χ2n) is 3.62. The van der Waals surface area contributed by atoms with E-state index in [1.54, 1.807) is 35.3 Å². The maximum atomic E-state index is 11.9. The first-order chi connectivity index (χ1) is 8.58. The van der Waals surface area contributed by atoms with Gasteiger partial charge in [-0.2, -0.15) is 5.10 Å². The maximum absolute atomic E-state index is 11.9. The first-order valence-electron chi connectivity index (χ1n) is 5.30. The second kappa shape index (κ2) is 5.51. The number of nitrogens with one attached hydrogen (secondary N) is 1. The van der Waals surface area contributed by atoms with Crippen LogP contribution in [-0.2, 0) is 16.6 Å². The molecule has 1 N–H and O–H groups in total. The molecule has 0 aliphatic rings. The van der Waals surface area contributed by atoms with E-state index in [1.165, 1.54) is 12.1 Å². The second-order valence-corrected chi connectivity index (χ2v) is 5.82. The Morgan fingerprint density at radius 2 is 2.00 bits per heavy atom. The molecule has 0 saturated carbocycles. The van der Waals surface area contributed by atoms with Crippen LogP contribution in [0, 0.1) is 0 Å². The van der Waals surface area contributed by atoms with Crippen molar-refractivity contribution in [3.05, 3.63) is 47.7 Å². The summed E-state index contributed by atoms with van der Waals surface area (Å²) in [5.74, 6) is 0. The van der Waals surface area contributed by atoms with E-state index in [1.807, 2.05) is 0 Å². The lowest BCUT2D eigenvalue weighted by Gasteiger charge is -2.06. The largest absolute Gasteiger partial charge is 0.271 e. The molecule has 96 valence electrons. The fourth-order valence-electron chi connectivity index (χ4n) is 1.42. The molecule has 0 amide bonds. The lowest BCUT2D eigenvalue weighted by molar-refractivity contribution is 0.561. The molecule has 5 nitrogen and oxygen atoms in total. The van der Waals surface area contributed by atoms with Crippen molar-refractivity contribution in [1.82, 2.24) is 14.5 Å². The average molecular weight is 286 g/mol. The van der Waals surface area contributed by atoms with Crippen LogP contribution in [0.25, 0.3) is 0 Å². The maximum Gasteiger partial charge on any atom is 0.240 e. The van der Waals surface area contributed by atoms with Crippen molar-refractivity contribution >= 4 is 21.6 Å². The van der Waals surface area contributed by atoms with E-state index in [4.69, 9.17) is 11.6 Å². The number of rotatable bonds is 5. The molecule has 0 bridgehead atoms. The Morgan fingerprint density at radius 3 is 2.61 bits per heavy atom. The molecule has 0 aliphatic carbocycles. The van der Waals surface area contributed by atoms with E-state index < -0.39 is 10.0 Å². The lowest BCUT2D eigenvalue weighted by atomic mass is 10.4. The van der Waals surface area contributed by atoms with Crippen molar-refractivity contribution in [3.63, 3.8) is 0 Å². The van der Waals surface area contributed by atoms with Crippen molar-refractivity contribution in [1.29, 1.82) is 0 Å². The zero-order chi connectivity index (χ0) is 13.0.